The minimum Gasteiger partial charge on any atom is -0.379 e. The predicted octanol–water partition coefficient (Wildman–Crippen LogP) is 1.67. The molecule has 6 aliphatic heterocycles. The molecule has 6 aliphatic rings. The van der Waals surface area contributed by atoms with Crippen molar-refractivity contribution in [1.29, 1.82) is 0 Å². The molecule has 0 spiro atoms. The van der Waals surface area contributed by atoms with Gasteiger partial charge >= 0.3 is 18.1 Å². The predicted molar refractivity (Wildman–Crippen MR) is 343 cm³/mol. The molecular formula is C60H96N12O15S3. The van der Waals surface area contributed by atoms with Gasteiger partial charge in [-0.05, 0) is 76.0 Å². The van der Waals surface area contributed by atoms with Gasteiger partial charge in [-0.15, -0.1) is 0 Å². The number of carbonyl (C=O) groups is 9. The highest BCUT2D eigenvalue weighted by Crippen LogP contribution is 2.35. The summed E-state index contributed by atoms with van der Waals surface area (Å²) in [6.45, 7) is 6.11. The molecule has 6 saturated heterocycles. The van der Waals surface area contributed by atoms with Crippen LogP contribution < -0.4 is 63.8 Å². The molecule has 6 fully saturated rings. The van der Waals surface area contributed by atoms with Crippen molar-refractivity contribution in [2.24, 2.45) is 0 Å². The van der Waals surface area contributed by atoms with Gasteiger partial charge in [-0.2, -0.15) is 35.3 Å². The van der Waals surface area contributed by atoms with Crippen molar-refractivity contribution in [1.82, 2.24) is 63.8 Å². The summed E-state index contributed by atoms with van der Waals surface area (Å²) in [5.74, 6) is 1.31. The summed E-state index contributed by atoms with van der Waals surface area (Å²) in [6, 6.07) is 5.18. The van der Waals surface area contributed by atoms with Crippen molar-refractivity contribution in [2.45, 2.75) is 148 Å². The zero-order chi connectivity index (χ0) is 63.6. The molecule has 7 rings (SSSR count). The molecule has 90 heavy (non-hydrogen) atoms. The first kappa shape index (κ1) is 72.1. The van der Waals surface area contributed by atoms with Crippen LogP contribution in [0.15, 0.2) is 18.2 Å². The summed E-state index contributed by atoms with van der Waals surface area (Å²) < 4.78 is 33.8. The molecule has 9 unspecified atom stereocenters. The first-order valence-corrected chi connectivity index (χ1v) is 35.4. The Morgan fingerprint density at radius 3 is 0.911 bits per heavy atom. The van der Waals surface area contributed by atoms with Gasteiger partial charge in [-0.3, -0.25) is 28.8 Å². The zero-order valence-corrected chi connectivity index (χ0v) is 54.2. The number of hydrogen-bond donors (Lipinski definition) is 12. The summed E-state index contributed by atoms with van der Waals surface area (Å²) in [6.07, 6.45) is 10.8. The minimum atomic E-state index is -0.464. The zero-order valence-electron chi connectivity index (χ0n) is 51.7. The molecule has 12 amide bonds. The second-order valence-electron chi connectivity index (χ2n) is 23.0. The number of benzene rings is 1. The molecule has 9 atom stereocenters. The van der Waals surface area contributed by atoms with Gasteiger partial charge in [0.25, 0.3) is 17.7 Å². The van der Waals surface area contributed by atoms with E-state index in [1.807, 2.05) is 35.3 Å². The van der Waals surface area contributed by atoms with Crippen molar-refractivity contribution in [3.63, 3.8) is 0 Å². The molecule has 6 heterocycles. The van der Waals surface area contributed by atoms with Gasteiger partial charge in [0.1, 0.15) is 0 Å². The highest BCUT2D eigenvalue weighted by Gasteiger charge is 2.44. The van der Waals surface area contributed by atoms with Gasteiger partial charge in [0, 0.05) is 128 Å². The van der Waals surface area contributed by atoms with Crippen molar-refractivity contribution < 1.29 is 71.6 Å². The standard InChI is InChI=1S/C60H96N12O15S3/c73-49(13-4-1-10-46-52-43(37-88-46)67-58(79)70-52)61-19-25-85-31-28-82-22-7-16-64-55(76)40-34-41(56(77)65-17-8-23-83-29-32-86-26-20-62-50(74)14-5-2-11-47-53-44(38-89-47)68-59(80)71-53)36-42(35-40)57(78)66-18-9-24-84-30-33-87-27-21-63-51(75)15-6-3-12-48-54-45(39-90-48)69-60(81)72-54/h34-36,43-48,52-54H,1-33,37-39H2,(H,61,73)(H,62,74)(H,63,75)(H,64,76)(H,65,77)(H,66,78)(H2,67,70,79)(H2,68,71,80)(H2,69,72,81). The second-order valence-corrected chi connectivity index (χ2v) is 26.8. The Bertz CT molecular complexity index is 2190. The molecule has 0 saturated carbocycles. The maximum atomic E-state index is 13.4. The molecule has 0 radical (unpaired) electrons. The van der Waals surface area contributed by atoms with Crippen molar-refractivity contribution in [3.8, 4) is 0 Å². The van der Waals surface area contributed by atoms with E-state index in [0.29, 0.717) is 153 Å². The fourth-order valence-electron chi connectivity index (χ4n) is 11.3. The van der Waals surface area contributed by atoms with Gasteiger partial charge in [0.15, 0.2) is 0 Å². The number of ether oxygens (including phenoxy) is 6. The summed E-state index contributed by atoms with van der Waals surface area (Å²) in [7, 11) is 0. The van der Waals surface area contributed by atoms with E-state index in [2.05, 4.69) is 63.8 Å². The van der Waals surface area contributed by atoms with E-state index in [1.165, 1.54) is 18.2 Å². The monoisotopic (exact) mass is 1320 g/mol. The quantitative estimate of drug-likeness (QED) is 0.0326. The van der Waals surface area contributed by atoms with Crippen LogP contribution in [0.25, 0.3) is 0 Å². The van der Waals surface area contributed by atoms with Gasteiger partial charge in [-0.1, -0.05) is 19.3 Å². The molecule has 12 N–H and O–H groups in total. The molecule has 0 aromatic heterocycles. The summed E-state index contributed by atoms with van der Waals surface area (Å²) >= 11 is 5.61. The number of amides is 12. The normalized spacial score (nSPS) is 22.7. The average molecular weight is 1320 g/mol. The lowest BCUT2D eigenvalue weighted by Crippen LogP contribution is -2.36. The minimum absolute atomic E-state index is 0.0187. The highest BCUT2D eigenvalue weighted by atomic mass is 32.2. The van der Waals surface area contributed by atoms with Crippen LogP contribution >= 0.6 is 35.3 Å². The first-order chi connectivity index (χ1) is 43.9. The maximum Gasteiger partial charge on any atom is 0.315 e. The van der Waals surface area contributed by atoms with Crippen molar-refractivity contribution >= 4 is 88.8 Å². The number of carbonyl (C=O) groups excluding carboxylic acids is 9. The van der Waals surface area contributed by atoms with E-state index in [-0.39, 0.29) is 108 Å². The van der Waals surface area contributed by atoms with Crippen molar-refractivity contribution in [3.05, 3.63) is 34.9 Å². The Kier molecular flexibility index (Phi) is 33.1. The van der Waals surface area contributed by atoms with Crippen LogP contribution in [0.4, 0.5) is 14.4 Å². The van der Waals surface area contributed by atoms with Crippen LogP contribution in [0.5, 0.6) is 0 Å². The number of thioether (sulfide) groups is 3. The highest BCUT2D eigenvalue weighted by molar-refractivity contribution is 8.00. The van der Waals surface area contributed by atoms with Crippen molar-refractivity contribution in [2.75, 3.05) is 136 Å². The Morgan fingerprint density at radius 1 is 0.344 bits per heavy atom. The fourth-order valence-corrected chi connectivity index (χ4v) is 15.9. The summed E-state index contributed by atoms with van der Waals surface area (Å²) in [5.41, 5.74) is 0.412. The Hall–Kier alpha value is -5.34. The molecular weight excluding hydrogens is 1220 g/mol. The lowest BCUT2D eigenvalue weighted by atomic mass is 10.0. The molecule has 1 aromatic carbocycles. The van der Waals surface area contributed by atoms with Gasteiger partial charge < -0.3 is 92.2 Å². The molecule has 1 aromatic rings. The molecule has 504 valence electrons. The van der Waals surface area contributed by atoms with Gasteiger partial charge in [-0.25, -0.2) is 14.4 Å². The lowest BCUT2D eigenvalue weighted by Gasteiger charge is -2.16. The molecule has 27 nitrogen and oxygen atoms in total. The van der Waals surface area contributed by atoms with E-state index < -0.39 is 17.7 Å². The fraction of sp³-hybridized carbons (Fsp3) is 0.750. The number of rotatable bonds is 48. The lowest BCUT2D eigenvalue weighted by molar-refractivity contribution is -0.122. The number of urea groups is 3. The van der Waals surface area contributed by atoms with E-state index in [9.17, 15) is 43.2 Å². The third-order valence-electron chi connectivity index (χ3n) is 16.0. The van der Waals surface area contributed by atoms with Crippen LogP contribution in [-0.2, 0) is 42.8 Å². The Morgan fingerprint density at radius 2 is 0.622 bits per heavy atom. The smallest absolute Gasteiger partial charge is 0.315 e. The Balaban J connectivity index is 0.709. The van der Waals surface area contributed by atoms with E-state index in [0.717, 1.165) is 75.0 Å². The molecule has 0 aliphatic carbocycles. The Labute approximate surface area is 540 Å². The van der Waals surface area contributed by atoms with Crippen LogP contribution in [0, 0.1) is 0 Å². The summed E-state index contributed by atoms with van der Waals surface area (Å²) in [5, 5.41) is 36.2. The number of unbranched alkanes of at least 4 members (excludes halogenated alkanes) is 3. The van der Waals surface area contributed by atoms with E-state index >= 15 is 0 Å². The third-order valence-corrected chi connectivity index (χ3v) is 20.6. The third kappa shape index (κ3) is 26.3. The van der Waals surface area contributed by atoms with Crippen LogP contribution in [-0.4, -0.2) is 241 Å². The largest absolute Gasteiger partial charge is 0.379 e. The molecule has 30 heteroatoms. The maximum absolute atomic E-state index is 13.4. The second kappa shape index (κ2) is 41.3. The van der Waals surface area contributed by atoms with Gasteiger partial charge in [0.05, 0.1) is 95.7 Å². The van der Waals surface area contributed by atoms with Crippen LogP contribution in [0.3, 0.4) is 0 Å². The topological polar surface area (TPSA) is 353 Å². The van der Waals surface area contributed by atoms with E-state index in [4.69, 9.17) is 28.4 Å². The van der Waals surface area contributed by atoms with Gasteiger partial charge in [0.2, 0.25) is 17.7 Å². The number of fused-ring (bicyclic) bond motifs is 3. The first-order valence-electron chi connectivity index (χ1n) is 32.2. The van der Waals surface area contributed by atoms with E-state index in [1.54, 1.807) is 0 Å². The number of nitrogens with one attached hydrogen (secondary N) is 12. The number of hydrogen-bond acceptors (Lipinski definition) is 18. The molecule has 0 bridgehead atoms. The van der Waals surface area contributed by atoms with Crippen LogP contribution in [0.2, 0.25) is 0 Å². The van der Waals surface area contributed by atoms with Crippen LogP contribution in [0.1, 0.15) is 127 Å². The average Bonchev–Trinajstić information content (AvgIpc) is 1.88. The summed E-state index contributed by atoms with van der Waals surface area (Å²) in [4.78, 5) is 112. The SMILES string of the molecule is O=C(CCCCC1SCC2NC(=O)NC21)NCCOCCOCCCNC(=O)c1cc(C(=O)NCCCOCCOCCNC(=O)CCCCC2SCC3NC(=O)NC32)cc(C(=O)NCCCOCCOCCNC(=O)CCCCC2SCC3NC(=O)NC32)c1.